The molecule has 4 heteroatoms. The van der Waals surface area contributed by atoms with Crippen molar-refractivity contribution in [2.75, 3.05) is 0 Å². The van der Waals surface area contributed by atoms with Gasteiger partial charge in [0, 0.05) is 62.4 Å². The molecule has 0 spiro atoms. The molecule has 1 unspecified atom stereocenters. The van der Waals surface area contributed by atoms with Crippen LogP contribution in [0.2, 0.25) is 0 Å². The molecule has 1 atom stereocenters. The lowest BCUT2D eigenvalue weighted by molar-refractivity contribution is 0.714. The summed E-state index contributed by atoms with van der Waals surface area (Å²) in [5, 5.41) is 5.12. The third kappa shape index (κ3) is 5.76. The van der Waals surface area contributed by atoms with Crippen LogP contribution in [0, 0.1) is 0 Å². The second-order valence-corrected chi connectivity index (χ2v) is 19.1. The summed E-state index contributed by atoms with van der Waals surface area (Å²) < 4.78 is 5.17. The molecule has 0 N–H and O–H groups in total. The van der Waals surface area contributed by atoms with E-state index in [1.807, 2.05) is 22.7 Å². The smallest absolute Gasteiger partial charge is 0.160 e. The molecule has 0 bridgehead atoms. The molecule has 0 radical (unpaired) electrons. The van der Waals surface area contributed by atoms with Crippen molar-refractivity contribution in [3.05, 3.63) is 229 Å². The highest BCUT2D eigenvalue weighted by molar-refractivity contribution is 7.26. The maximum absolute atomic E-state index is 5.55. The second-order valence-electron chi connectivity index (χ2n) is 17.0. The molecule has 0 fully saturated rings. The number of benzene rings is 9. The maximum atomic E-state index is 5.55. The van der Waals surface area contributed by atoms with Crippen molar-refractivity contribution < 1.29 is 0 Å². The number of fused-ring (bicyclic) bond motifs is 9. The minimum atomic E-state index is -0.337. The van der Waals surface area contributed by atoms with Crippen LogP contribution in [0.1, 0.15) is 23.6 Å². The van der Waals surface area contributed by atoms with E-state index < -0.39 is 0 Å². The molecule has 12 aromatic rings. The van der Waals surface area contributed by atoms with Crippen molar-refractivity contribution in [3.63, 3.8) is 0 Å². The minimum absolute atomic E-state index is 0.337. The van der Waals surface area contributed by atoms with Crippen LogP contribution in [-0.2, 0) is 5.41 Å². The molecule has 0 saturated heterocycles. The van der Waals surface area contributed by atoms with E-state index in [0.29, 0.717) is 5.82 Å². The van der Waals surface area contributed by atoms with Gasteiger partial charge in [-0.3, -0.25) is 0 Å². The Kier molecular flexibility index (Phi) is 8.42. The quantitative estimate of drug-likeness (QED) is 0.167. The molecule has 9 aromatic carbocycles. The highest BCUT2D eigenvalue weighted by Crippen LogP contribution is 2.53. The number of hydrogen-bond donors (Lipinski definition) is 0. The predicted octanol–water partition coefficient (Wildman–Crippen LogP) is 16.9. The molecule has 13 rings (SSSR count). The zero-order valence-corrected chi connectivity index (χ0v) is 36.6. The van der Waals surface area contributed by atoms with Crippen LogP contribution < -0.4 is 0 Å². The molecule has 3 heterocycles. The fourth-order valence-electron chi connectivity index (χ4n) is 10.3. The van der Waals surface area contributed by atoms with Gasteiger partial charge in [0.05, 0.1) is 11.4 Å². The highest BCUT2D eigenvalue weighted by Gasteiger charge is 2.40. The van der Waals surface area contributed by atoms with Gasteiger partial charge in [0.25, 0.3) is 0 Å². The van der Waals surface area contributed by atoms with Crippen molar-refractivity contribution in [2.45, 2.75) is 12.3 Å². The Labute approximate surface area is 379 Å². The van der Waals surface area contributed by atoms with Gasteiger partial charge in [-0.05, 0) is 106 Å². The molecule has 0 amide bonds. The lowest BCUT2D eigenvalue weighted by Gasteiger charge is -2.28. The van der Waals surface area contributed by atoms with Crippen LogP contribution in [0.15, 0.2) is 212 Å². The molecule has 1 aliphatic rings. The lowest BCUT2D eigenvalue weighted by atomic mass is 9.74. The van der Waals surface area contributed by atoms with Gasteiger partial charge in [0.2, 0.25) is 0 Å². The van der Waals surface area contributed by atoms with E-state index in [9.17, 15) is 0 Å². The molecule has 2 nitrogen and oxygen atoms in total. The van der Waals surface area contributed by atoms with Crippen molar-refractivity contribution in [2.24, 2.45) is 0 Å². The third-order valence-corrected chi connectivity index (χ3v) is 15.7. The number of hydrogen-bond acceptors (Lipinski definition) is 4. The Hall–Kier alpha value is -7.50. The predicted molar refractivity (Wildman–Crippen MR) is 272 cm³/mol. The van der Waals surface area contributed by atoms with Gasteiger partial charge in [0.15, 0.2) is 5.82 Å². The molecular formula is C60H38N2S2. The largest absolute Gasteiger partial charge is 0.228 e. The van der Waals surface area contributed by atoms with E-state index in [1.165, 1.54) is 68.2 Å². The van der Waals surface area contributed by atoms with Crippen LogP contribution >= 0.6 is 22.7 Å². The summed E-state index contributed by atoms with van der Waals surface area (Å²) >= 11 is 3.70. The molecule has 1 aliphatic carbocycles. The first-order chi connectivity index (χ1) is 31.6. The summed E-state index contributed by atoms with van der Waals surface area (Å²) in [5.41, 5.74) is 15.6. The fraction of sp³-hybridized carbons (Fsp3) is 0.0333. The van der Waals surface area contributed by atoms with Crippen molar-refractivity contribution in [1.82, 2.24) is 9.97 Å². The first-order valence-corrected chi connectivity index (χ1v) is 23.4. The summed E-state index contributed by atoms with van der Waals surface area (Å²) in [7, 11) is 0. The van der Waals surface area contributed by atoms with Crippen LogP contribution in [0.25, 0.3) is 108 Å². The van der Waals surface area contributed by atoms with Crippen LogP contribution in [0.5, 0.6) is 0 Å². The van der Waals surface area contributed by atoms with Crippen LogP contribution in [0.3, 0.4) is 0 Å². The maximum Gasteiger partial charge on any atom is 0.160 e. The molecule has 0 aliphatic heterocycles. The molecule has 0 saturated carbocycles. The monoisotopic (exact) mass is 850 g/mol. The third-order valence-electron chi connectivity index (χ3n) is 13.4. The van der Waals surface area contributed by atoms with Crippen molar-refractivity contribution in [1.29, 1.82) is 0 Å². The van der Waals surface area contributed by atoms with Gasteiger partial charge in [-0.25, -0.2) is 9.97 Å². The Morgan fingerprint density at radius 2 is 0.859 bits per heavy atom. The fourth-order valence-corrected chi connectivity index (χ4v) is 12.4. The van der Waals surface area contributed by atoms with Gasteiger partial charge in [0.1, 0.15) is 0 Å². The van der Waals surface area contributed by atoms with Gasteiger partial charge in [-0.1, -0.05) is 164 Å². The number of rotatable bonds is 6. The van der Waals surface area contributed by atoms with Crippen LogP contribution in [-0.4, -0.2) is 9.97 Å². The SMILES string of the molecule is CC1(c2ccccc2)c2ccccc2-c2ccc(-c3cc(-c4c(-c5ccc6sc7ccccc7c6c5)cccc4-c4ccc5sc6ccccc6c5c4)nc(-c4ccccc4)n3)cc21. The summed E-state index contributed by atoms with van der Waals surface area (Å²) in [6, 6.07) is 77.6. The highest BCUT2D eigenvalue weighted by atomic mass is 32.1. The van der Waals surface area contributed by atoms with E-state index in [-0.39, 0.29) is 5.41 Å². The second kappa shape index (κ2) is 14.5. The topological polar surface area (TPSA) is 25.8 Å². The van der Waals surface area contributed by atoms with E-state index in [2.05, 4.69) is 219 Å². The summed E-state index contributed by atoms with van der Waals surface area (Å²) in [6.45, 7) is 2.38. The molecule has 3 aromatic heterocycles. The van der Waals surface area contributed by atoms with E-state index in [0.717, 1.165) is 50.3 Å². The summed E-state index contributed by atoms with van der Waals surface area (Å²) in [5.74, 6) is 0.696. The summed E-state index contributed by atoms with van der Waals surface area (Å²) in [6.07, 6.45) is 0. The molecule has 64 heavy (non-hydrogen) atoms. The first kappa shape index (κ1) is 37.1. The van der Waals surface area contributed by atoms with E-state index in [4.69, 9.17) is 9.97 Å². The average molecular weight is 851 g/mol. The zero-order chi connectivity index (χ0) is 42.4. The van der Waals surface area contributed by atoms with Gasteiger partial charge in [-0.15, -0.1) is 22.7 Å². The minimum Gasteiger partial charge on any atom is -0.228 e. The normalized spacial score (nSPS) is 14.4. The zero-order valence-electron chi connectivity index (χ0n) is 34.9. The lowest BCUT2D eigenvalue weighted by Crippen LogP contribution is -2.22. The molecule has 300 valence electrons. The summed E-state index contributed by atoms with van der Waals surface area (Å²) in [4.78, 5) is 11.0. The standard InChI is InChI=1S/C60H38N2S2/c1-60(41-17-6-3-7-18-41)50-24-11-8-19-44(50)45-30-27-40(35-51(45)60)52-36-53(62-59(61-52)37-15-4-2-5-16-37)58-42(38-28-31-56-48(33-38)46-20-9-12-25-54(46)63-56)22-14-23-43(58)39-29-32-57-49(34-39)47-21-10-13-26-55(47)64-57/h2-36H,1H3. The molecular weight excluding hydrogens is 813 g/mol. The Balaban J connectivity index is 1.07. The van der Waals surface area contributed by atoms with Crippen molar-refractivity contribution >= 4 is 63.0 Å². The van der Waals surface area contributed by atoms with E-state index >= 15 is 0 Å². The van der Waals surface area contributed by atoms with Gasteiger partial charge < -0.3 is 0 Å². The number of nitrogens with zero attached hydrogens (tertiary/aromatic N) is 2. The first-order valence-electron chi connectivity index (χ1n) is 21.8. The average Bonchev–Trinajstić information content (AvgIpc) is 4.01. The van der Waals surface area contributed by atoms with Gasteiger partial charge >= 0.3 is 0 Å². The van der Waals surface area contributed by atoms with Crippen molar-refractivity contribution in [3.8, 4) is 67.3 Å². The Bertz CT molecular complexity index is 3670. The van der Waals surface area contributed by atoms with Gasteiger partial charge in [-0.2, -0.15) is 0 Å². The van der Waals surface area contributed by atoms with Crippen LogP contribution in [0.4, 0.5) is 0 Å². The number of thiophene rings is 2. The Morgan fingerprint density at radius 3 is 1.53 bits per heavy atom. The Morgan fingerprint density at radius 1 is 0.344 bits per heavy atom. The number of aromatic nitrogens is 2. The van der Waals surface area contributed by atoms with E-state index in [1.54, 1.807) is 0 Å².